The number of rotatable bonds is 4. The van der Waals surface area contributed by atoms with Crippen molar-refractivity contribution in [3.63, 3.8) is 0 Å². The van der Waals surface area contributed by atoms with Crippen LogP contribution in [0.5, 0.6) is 0 Å². The van der Waals surface area contributed by atoms with Crippen molar-refractivity contribution >= 4 is 5.97 Å². The summed E-state index contributed by atoms with van der Waals surface area (Å²) in [6.45, 7) is 9.41. The van der Waals surface area contributed by atoms with E-state index in [0.717, 1.165) is 25.7 Å². The highest BCUT2D eigenvalue weighted by Crippen LogP contribution is 2.69. The number of carbonyl (C=O) groups is 1. The van der Waals surface area contributed by atoms with E-state index < -0.39 is 5.97 Å². The van der Waals surface area contributed by atoms with Gasteiger partial charge < -0.3 is 15.3 Å². The quantitative estimate of drug-likeness (QED) is 0.631. The van der Waals surface area contributed by atoms with Gasteiger partial charge in [-0.1, -0.05) is 27.7 Å². The van der Waals surface area contributed by atoms with Gasteiger partial charge in [-0.2, -0.15) is 0 Å². The van der Waals surface area contributed by atoms with Gasteiger partial charge in [-0.3, -0.25) is 4.79 Å². The summed E-state index contributed by atoms with van der Waals surface area (Å²) >= 11 is 0. The molecule has 0 aliphatic heterocycles. The lowest BCUT2D eigenvalue weighted by Crippen LogP contribution is -2.61. The third-order valence-electron chi connectivity index (χ3n) is 10.7. The van der Waals surface area contributed by atoms with Crippen LogP contribution in [0.4, 0.5) is 0 Å². The largest absolute Gasteiger partial charge is 0.481 e. The summed E-state index contributed by atoms with van der Waals surface area (Å²) in [5.41, 5.74) is 0.480. The number of hydrogen-bond acceptors (Lipinski definition) is 3. The fraction of sp³-hybridized carbons (Fsp3) is 0.960. The van der Waals surface area contributed by atoms with Gasteiger partial charge in [0.05, 0.1) is 12.2 Å². The lowest BCUT2D eigenvalue weighted by molar-refractivity contribution is -0.199. The first-order valence-corrected chi connectivity index (χ1v) is 12.2. The minimum absolute atomic E-state index is 0.195. The molecule has 0 saturated heterocycles. The molecule has 0 heterocycles. The topological polar surface area (TPSA) is 77.8 Å². The highest BCUT2D eigenvalue weighted by Gasteiger charge is 2.64. The third-order valence-corrected chi connectivity index (χ3v) is 10.7. The molecule has 4 aliphatic carbocycles. The first-order chi connectivity index (χ1) is 13.6. The molecule has 166 valence electrons. The zero-order valence-electron chi connectivity index (χ0n) is 18.8. The van der Waals surface area contributed by atoms with Gasteiger partial charge in [-0.25, -0.2) is 0 Å². The maximum Gasteiger partial charge on any atom is 0.303 e. The van der Waals surface area contributed by atoms with E-state index in [1.807, 2.05) is 0 Å². The molecule has 4 aliphatic rings. The first-order valence-electron chi connectivity index (χ1n) is 12.2. The molecule has 4 fully saturated rings. The molecule has 29 heavy (non-hydrogen) atoms. The van der Waals surface area contributed by atoms with Crippen LogP contribution in [0.25, 0.3) is 0 Å². The van der Waals surface area contributed by atoms with Crippen molar-refractivity contribution in [1.29, 1.82) is 0 Å². The molecule has 0 radical (unpaired) electrons. The molecule has 4 heteroatoms. The van der Waals surface area contributed by atoms with Crippen molar-refractivity contribution < 1.29 is 20.1 Å². The van der Waals surface area contributed by atoms with Gasteiger partial charge in [0.25, 0.3) is 0 Å². The standard InChI is InChI=1S/C25H42O4/c1-14(5-8-21(27)28)17-6-7-18-22-19(10-12-24(17,18)3)25(4)11-9-16(26)13-20(25)15(2)23(22)29/h14-20,22-23,26,29H,5-13H2,1-4H3,(H,27,28)/t14-,15?,16-,17-,18+,19+,20+,22+,23?,24-,25-/m1/s1. The fourth-order valence-electron chi connectivity index (χ4n) is 9.18. The lowest BCUT2D eigenvalue weighted by Gasteiger charge is -2.64. The molecule has 4 rings (SSSR count). The van der Waals surface area contributed by atoms with Crippen molar-refractivity contribution in [2.24, 2.45) is 52.3 Å². The molecule has 0 aromatic carbocycles. The van der Waals surface area contributed by atoms with Crippen LogP contribution in [0.1, 0.15) is 85.5 Å². The Morgan fingerprint density at radius 1 is 1.00 bits per heavy atom. The maximum atomic E-state index is 11.5. The Morgan fingerprint density at radius 2 is 1.66 bits per heavy atom. The summed E-state index contributed by atoms with van der Waals surface area (Å²) in [4.78, 5) is 11.1. The summed E-state index contributed by atoms with van der Waals surface area (Å²) < 4.78 is 0. The van der Waals surface area contributed by atoms with Crippen LogP contribution in [0.2, 0.25) is 0 Å². The van der Waals surface area contributed by atoms with Crippen LogP contribution in [0.3, 0.4) is 0 Å². The smallest absolute Gasteiger partial charge is 0.303 e. The van der Waals surface area contributed by atoms with Crippen LogP contribution in [-0.4, -0.2) is 33.5 Å². The summed E-state index contributed by atoms with van der Waals surface area (Å²) in [6.07, 6.45) is 8.22. The lowest BCUT2D eigenvalue weighted by atomic mass is 9.42. The predicted octanol–water partition coefficient (Wildman–Crippen LogP) is 4.72. The van der Waals surface area contributed by atoms with Crippen LogP contribution < -0.4 is 0 Å². The molecular formula is C25H42O4. The molecule has 0 aromatic rings. The number of carboxylic acid groups (broad SMARTS) is 1. The van der Waals surface area contributed by atoms with Crippen molar-refractivity contribution in [2.75, 3.05) is 0 Å². The molecule has 0 bridgehead atoms. The Hall–Kier alpha value is -0.610. The summed E-state index contributed by atoms with van der Waals surface area (Å²) in [6, 6.07) is 0. The van der Waals surface area contributed by atoms with Crippen molar-refractivity contribution in [3.8, 4) is 0 Å². The minimum atomic E-state index is -0.685. The van der Waals surface area contributed by atoms with E-state index in [1.54, 1.807) is 0 Å². The van der Waals surface area contributed by atoms with Crippen LogP contribution >= 0.6 is 0 Å². The first kappa shape index (κ1) is 21.6. The monoisotopic (exact) mass is 406 g/mol. The molecular weight excluding hydrogens is 364 g/mol. The molecule has 0 amide bonds. The zero-order valence-corrected chi connectivity index (χ0v) is 18.8. The average Bonchev–Trinajstić information content (AvgIpc) is 3.02. The van der Waals surface area contributed by atoms with Crippen molar-refractivity contribution in [3.05, 3.63) is 0 Å². The van der Waals surface area contributed by atoms with E-state index >= 15 is 0 Å². The van der Waals surface area contributed by atoms with Crippen LogP contribution in [0, 0.1) is 52.3 Å². The molecule has 3 N–H and O–H groups in total. The molecule has 0 aromatic heterocycles. The van der Waals surface area contributed by atoms with Gasteiger partial charge in [0.15, 0.2) is 0 Å². The Labute approximate surface area is 176 Å². The molecule has 0 spiro atoms. The normalized spacial score (nSPS) is 52.9. The van der Waals surface area contributed by atoms with Crippen LogP contribution in [-0.2, 0) is 4.79 Å². The highest BCUT2D eigenvalue weighted by atomic mass is 16.4. The number of aliphatic hydroxyl groups excluding tert-OH is 2. The zero-order chi connectivity index (χ0) is 21.1. The number of fused-ring (bicyclic) bond motifs is 5. The van der Waals surface area contributed by atoms with E-state index in [4.69, 9.17) is 5.11 Å². The van der Waals surface area contributed by atoms with Gasteiger partial charge in [-0.05, 0) is 104 Å². The second-order valence-electron chi connectivity index (χ2n) is 11.8. The third kappa shape index (κ3) is 3.28. The van der Waals surface area contributed by atoms with Crippen molar-refractivity contribution in [2.45, 2.75) is 97.7 Å². The average molecular weight is 407 g/mol. The Bertz CT molecular complexity index is 634. The molecule has 2 unspecified atom stereocenters. The number of aliphatic carboxylic acids is 1. The molecule has 4 saturated carbocycles. The Balaban J connectivity index is 1.59. The number of hydrogen-bond donors (Lipinski definition) is 3. The Kier molecular flexibility index (Phi) is 5.60. The second-order valence-corrected chi connectivity index (χ2v) is 11.8. The number of carboxylic acids is 1. The SMILES string of the molecule is CC1C(O)[C@@H]2[C@H](CC[C@]3(C)[C@@H]([C@H](C)CCC(=O)O)CC[C@@H]23)[C@@]2(C)CC[C@@H](O)C[C@@H]12. The van der Waals surface area contributed by atoms with Gasteiger partial charge in [0.1, 0.15) is 0 Å². The Morgan fingerprint density at radius 3 is 2.34 bits per heavy atom. The predicted molar refractivity (Wildman–Crippen MR) is 113 cm³/mol. The molecule has 11 atom stereocenters. The van der Waals surface area contributed by atoms with Crippen LogP contribution in [0.15, 0.2) is 0 Å². The van der Waals surface area contributed by atoms with Crippen molar-refractivity contribution in [1.82, 2.24) is 0 Å². The van der Waals surface area contributed by atoms with Gasteiger partial charge >= 0.3 is 5.97 Å². The van der Waals surface area contributed by atoms with E-state index in [0.29, 0.717) is 35.5 Å². The van der Waals surface area contributed by atoms with E-state index in [9.17, 15) is 15.0 Å². The molecule has 4 nitrogen and oxygen atoms in total. The van der Waals surface area contributed by atoms with Gasteiger partial charge in [-0.15, -0.1) is 0 Å². The fourth-order valence-corrected chi connectivity index (χ4v) is 9.18. The van der Waals surface area contributed by atoms with E-state index in [-0.39, 0.29) is 35.4 Å². The van der Waals surface area contributed by atoms with Gasteiger partial charge in [0.2, 0.25) is 0 Å². The second kappa shape index (κ2) is 7.51. The summed E-state index contributed by atoms with van der Waals surface area (Å²) in [5, 5.41) is 31.0. The minimum Gasteiger partial charge on any atom is -0.481 e. The maximum absolute atomic E-state index is 11.5. The van der Waals surface area contributed by atoms with E-state index in [1.165, 1.54) is 25.7 Å². The summed E-state index contributed by atoms with van der Waals surface area (Å²) in [7, 11) is 0. The van der Waals surface area contributed by atoms with E-state index in [2.05, 4.69) is 27.7 Å². The summed E-state index contributed by atoms with van der Waals surface area (Å²) in [5.74, 6) is 2.50. The number of aliphatic hydroxyl groups is 2. The highest BCUT2D eigenvalue weighted by molar-refractivity contribution is 5.66. The van der Waals surface area contributed by atoms with Gasteiger partial charge in [0, 0.05) is 6.42 Å².